The second-order valence-corrected chi connectivity index (χ2v) is 13.0. The summed E-state index contributed by atoms with van der Waals surface area (Å²) in [6, 6.07) is 0. The second kappa shape index (κ2) is 12.4. The van der Waals surface area contributed by atoms with Crippen molar-refractivity contribution in [3.63, 3.8) is 0 Å². The molecule has 0 aromatic rings. The fraction of sp³-hybridized carbons (Fsp3) is 0.885. The van der Waals surface area contributed by atoms with Crippen molar-refractivity contribution in [2.24, 2.45) is 0 Å². The molecule has 2 aliphatic rings. The molecule has 2 heterocycles. The summed E-state index contributed by atoms with van der Waals surface area (Å²) < 4.78 is 0. The van der Waals surface area contributed by atoms with Gasteiger partial charge in [-0.05, 0) is 95.2 Å². The van der Waals surface area contributed by atoms with Crippen LogP contribution in [0.3, 0.4) is 0 Å². The summed E-state index contributed by atoms with van der Waals surface area (Å²) in [6.45, 7) is 17.5. The average Bonchev–Trinajstić information content (AvgIpc) is 2.62. The van der Waals surface area contributed by atoms with E-state index in [-0.39, 0.29) is 34.4 Å². The predicted octanol–water partition coefficient (Wildman–Crippen LogP) is 2.01. The first-order valence-corrected chi connectivity index (χ1v) is 12.5. The van der Waals surface area contributed by atoms with Crippen molar-refractivity contribution in [3.8, 4) is 0 Å². The molecule has 2 aliphatic heterocycles. The Kier molecular flexibility index (Phi) is 11.8. The molecule has 2 saturated heterocycles. The van der Waals surface area contributed by atoms with Crippen LogP contribution >= 0.6 is 0 Å². The summed E-state index contributed by atoms with van der Waals surface area (Å²) in [5.41, 5.74) is -2.23. The van der Waals surface area contributed by atoms with Crippen LogP contribution in [0.2, 0.25) is 0 Å². The zero-order valence-electron chi connectivity index (χ0n) is 24.2. The van der Waals surface area contributed by atoms with Crippen LogP contribution < -0.4 is 0 Å². The maximum atomic E-state index is 10.3. The number of carboxylic acid groups (broad SMARTS) is 3. The zero-order valence-corrected chi connectivity index (χ0v) is 24.2. The van der Waals surface area contributed by atoms with Gasteiger partial charge in [-0.1, -0.05) is 0 Å². The molecule has 0 radical (unpaired) electrons. The fourth-order valence-electron chi connectivity index (χ4n) is 5.35. The molecule has 0 aromatic carbocycles. The van der Waals surface area contributed by atoms with Gasteiger partial charge in [0.2, 0.25) is 0 Å². The lowest BCUT2D eigenvalue weighted by atomic mass is 9.79. The number of nitrogens with zero attached hydrogens (tertiary/aromatic N) is 2. The van der Waals surface area contributed by atoms with E-state index in [1.165, 1.54) is 0 Å². The van der Waals surface area contributed by atoms with Crippen LogP contribution in [0.1, 0.15) is 93.9 Å². The smallest absolute Gasteiger partial charge is 0.336 e. The van der Waals surface area contributed by atoms with E-state index in [4.69, 9.17) is 20.4 Å². The molecule has 0 spiro atoms. The largest absolute Gasteiger partial charge is 0.481 e. The SMILES string of the molecule is CN1C(C)(C)CC(O)CC1(C)C.CN1C(C)(C)CC(O)CC1(C)C.O=C(O)CC(O)(CC(=O)O)C(=O)O. The molecule has 2 rings (SSSR count). The summed E-state index contributed by atoms with van der Waals surface area (Å²) in [5.74, 6) is -5.02. The van der Waals surface area contributed by atoms with Gasteiger partial charge in [0, 0.05) is 22.2 Å². The van der Waals surface area contributed by atoms with Crippen molar-refractivity contribution in [2.45, 2.75) is 134 Å². The lowest BCUT2D eigenvalue weighted by molar-refractivity contribution is -0.170. The third kappa shape index (κ3) is 10.5. The summed E-state index contributed by atoms with van der Waals surface area (Å²) in [7, 11) is 4.29. The summed E-state index contributed by atoms with van der Waals surface area (Å²) in [5, 5.41) is 53.2. The topological polar surface area (TPSA) is 179 Å². The fourth-order valence-corrected chi connectivity index (χ4v) is 5.35. The van der Waals surface area contributed by atoms with Gasteiger partial charge in [0.05, 0.1) is 25.0 Å². The summed E-state index contributed by atoms with van der Waals surface area (Å²) in [4.78, 5) is 35.2. The first-order chi connectivity index (χ1) is 16.3. The number of hydrogen-bond donors (Lipinski definition) is 6. The molecule has 0 aromatic heterocycles. The van der Waals surface area contributed by atoms with Gasteiger partial charge in [0.1, 0.15) is 0 Å². The van der Waals surface area contributed by atoms with Crippen LogP contribution in [-0.4, -0.2) is 112 Å². The van der Waals surface area contributed by atoms with Crippen LogP contribution in [-0.2, 0) is 14.4 Å². The van der Waals surface area contributed by atoms with Crippen LogP contribution in [0.15, 0.2) is 0 Å². The number of aliphatic hydroxyl groups is 3. The number of piperidine rings is 2. The molecule has 6 N–H and O–H groups in total. The minimum atomic E-state index is -2.74. The molecule has 11 nitrogen and oxygen atoms in total. The summed E-state index contributed by atoms with van der Waals surface area (Å²) >= 11 is 0. The summed E-state index contributed by atoms with van der Waals surface area (Å²) in [6.07, 6.45) is 0.973. The van der Waals surface area contributed by atoms with E-state index in [0.29, 0.717) is 0 Å². The molecule has 0 bridgehead atoms. The van der Waals surface area contributed by atoms with E-state index in [1.54, 1.807) is 0 Å². The van der Waals surface area contributed by atoms with E-state index >= 15 is 0 Å². The zero-order chi connectivity index (χ0) is 29.8. The number of aliphatic hydroxyl groups excluding tert-OH is 2. The van der Waals surface area contributed by atoms with Gasteiger partial charge in [0.25, 0.3) is 0 Å². The number of likely N-dealkylation sites (tertiary alicyclic amines) is 2. The third-order valence-electron chi connectivity index (χ3n) is 7.86. The lowest BCUT2D eigenvalue weighted by Crippen LogP contribution is -2.59. The molecule has 0 saturated carbocycles. The Balaban J connectivity index is 0.000000526. The Morgan fingerprint density at radius 3 is 1.03 bits per heavy atom. The van der Waals surface area contributed by atoms with Crippen molar-refractivity contribution in [1.82, 2.24) is 9.80 Å². The van der Waals surface area contributed by atoms with Crippen molar-refractivity contribution < 1.29 is 45.0 Å². The van der Waals surface area contributed by atoms with E-state index in [1.807, 2.05) is 0 Å². The maximum Gasteiger partial charge on any atom is 0.336 e. The third-order valence-corrected chi connectivity index (χ3v) is 7.86. The monoisotopic (exact) mass is 534 g/mol. The Morgan fingerprint density at radius 1 is 0.649 bits per heavy atom. The molecular weight excluding hydrogens is 484 g/mol. The molecule has 37 heavy (non-hydrogen) atoms. The van der Waals surface area contributed by atoms with Gasteiger partial charge in [-0.2, -0.15) is 0 Å². The molecule has 0 amide bonds. The first kappa shape index (κ1) is 35.2. The highest BCUT2D eigenvalue weighted by molar-refractivity contribution is 5.88. The van der Waals surface area contributed by atoms with Crippen molar-refractivity contribution in [3.05, 3.63) is 0 Å². The Labute approximate surface area is 221 Å². The molecule has 0 aliphatic carbocycles. The Bertz CT molecular complexity index is 716. The lowest BCUT2D eigenvalue weighted by Gasteiger charge is -2.52. The standard InChI is InChI=1S/2C10H21NO.C6H8O7/c2*1-9(2)6-8(12)7-10(3,4)11(9)5;7-3(8)1-6(13,5(11)12)2-4(9)10/h2*8,12H,6-7H2,1-5H3;13H,1-2H2,(H,7,8)(H,9,10)(H,11,12). The Hall–Kier alpha value is -1.79. The average molecular weight is 535 g/mol. The highest BCUT2D eigenvalue weighted by Gasteiger charge is 2.43. The number of carboxylic acids is 3. The molecule has 0 unspecified atom stereocenters. The van der Waals surface area contributed by atoms with Crippen LogP contribution in [0, 0.1) is 0 Å². The quantitative estimate of drug-likeness (QED) is 0.304. The number of rotatable bonds is 5. The predicted molar refractivity (Wildman–Crippen MR) is 139 cm³/mol. The second-order valence-electron chi connectivity index (χ2n) is 13.0. The normalized spacial score (nSPS) is 23.6. The van der Waals surface area contributed by atoms with Crippen molar-refractivity contribution in [2.75, 3.05) is 14.1 Å². The highest BCUT2D eigenvalue weighted by atomic mass is 16.4. The number of aliphatic carboxylic acids is 3. The van der Waals surface area contributed by atoms with Gasteiger partial charge >= 0.3 is 17.9 Å². The van der Waals surface area contributed by atoms with Gasteiger partial charge in [0.15, 0.2) is 5.60 Å². The molecule has 11 heteroatoms. The van der Waals surface area contributed by atoms with Gasteiger partial charge in [-0.3, -0.25) is 19.4 Å². The molecule has 218 valence electrons. The molecular formula is C26H50N2O9. The van der Waals surface area contributed by atoms with E-state index in [9.17, 15) is 24.6 Å². The van der Waals surface area contributed by atoms with Crippen LogP contribution in [0.25, 0.3) is 0 Å². The first-order valence-electron chi connectivity index (χ1n) is 12.5. The van der Waals surface area contributed by atoms with Gasteiger partial charge < -0.3 is 30.6 Å². The van der Waals surface area contributed by atoms with Crippen molar-refractivity contribution >= 4 is 17.9 Å². The van der Waals surface area contributed by atoms with Gasteiger partial charge in [-0.25, -0.2) is 4.79 Å². The number of carbonyl (C=O) groups is 3. The molecule has 2 fully saturated rings. The van der Waals surface area contributed by atoms with E-state index < -0.39 is 36.4 Å². The van der Waals surface area contributed by atoms with Gasteiger partial charge in [-0.15, -0.1) is 0 Å². The van der Waals surface area contributed by atoms with Crippen LogP contribution in [0.4, 0.5) is 0 Å². The Morgan fingerprint density at radius 2 is 0.865 bits per heavy atom. The van der Waals surface area contributed by atoms with Crippen molar-refractivity contribution in [1.29, 1.82) is 0 Å². The van der Waals surface area contributed by atoms with E-state index in [2.05, 4.69) is 79.3 Å². The minimum absolute atomic E-state index is 0.126. The maximum absolute atomic E-state index is 10.3. The van der Waals surface area contributed by atoms with Crippen LogP contribution in [0.5, 0.6) is 0 Å². The highest BCUT2D eigenvalue weighted by Crippen LogP contribution is 2.37. The number of hydrogen-bond acceptors (Lipinski definition) is 8. The van der Waals surface area contributed by atoms with E-state index in [0.717, 1.165) is 25.7 Å². The minimum Gasteiger partial charge on any atom is -0.481 e. The molecule has 0 atom stereocenters.